The Labute approximate surface area is 380 Å². The lowest BCUT2D eigenvalue weighted by atomic mass is 9.79. The van der Waals surface area contributed by atoms with Gasteiger partial charge in [-0.25, -0.2) is 21.6 Å². The number of rotatable bonds is 14. The van der Waals surface area contributed by atoms with E-state index in [1.54, 1.807) is 11.9 Å². The third kappa shape index (κ3) is 9.79. The van der Waals surface area contributed by atoms with Gasteiger partial charge in [0.2, 0.25) is 5.69 Å². The second-order valence-electron chi connectivity index (χ2n) is 19.6. The second-order valence-corrected chi connectivity index (χ2v) is 23.4. The average Bonchev–Trinajstić information content (AvgIpc) is 3.78. The first-order valence-corrected chi connectivity index (χ1v) is 26.0. The maximum atomic E-state index is 13.9. The Morgan fingerprint density at radius 2 is 1.42 bits per heavy atom. The molecule has 4 aromatic carbocycles. The summed E-state index contributed by atoms with van der Waals surface area (Å²) in [6.45, 7) is 15.7. The first-order valence-electron chi connectivity index (χ1n) is 22.4. The van der Waals surface area contributed by atoms with E-state index < -0.39 is 48.2 Å². The van der Waals surface area contributed by atoms with Crippen molar-refractivity contribution in [3.8, 4) is 0 Å². The minimum atomic E-state index is -4.33. The van der Waals surface area contributed by atoms with Gasteiger partial charge in [0.05, 0.1) is 21.2 Å². The Morgan fingerprint density at radius 3 is 2.06 bits per heavy atom. The summed E-state index contributed by atoms with van der Waals surface area (Å²) >= 11 is 0. The summed E-state index contributed by atoms with van der Waals surface area (Å²) in [5.41, 5.74) is 7.97. The van der Waals surface area contributed by atoms with Crippen LogP contribution in [0, 0.1) is 0 Å². The van der Waals surface area contributed by atoms with Gasteiger partial charge in [0.25, 0.3) is 0 Å². The van der Waals surface area contributed by atoms with Crippen LogP contribution in [0.5, 0.6) is 0 Å². The number of fused-ring (bicyclic) bond motifs is 6. The van der Waals surface area contributed by atoms with Gasteiger partial charge in [-0.15, -0.1) is 0 Å². The highest BCUT2D eigenvalue weighted by Gasteiger charge is 2.46. The zero-order valence-electron chi connectivity index (χ0n) is 38.8. The highest BCUT2D eigenvalue weighted by molar-refractivity contribution is 7.90. The zero-order valence-corrected chi connectivity index (χ0v) is 40.5. The molecule has 10 nitrogen and oxygen atoms in total. The zero-order chi connectivity index (χ0) is 46.4. The average molecular weight is 906 g/mol. The van der Waals surface area contributed by atoms with Crippen LogP contribution in [0.4, 0.5) is 16.2 Å². The van der Waals surface area contributed by atoms with Gasteiger partial charge in [0.1, 0.15) is 22.0 Å². The predicted molar refractivity (Wildman–Crippen MR) is 259 cm³/mol. The number of anilines is 1. The number of allylic oxidation sites excluding steroid dienone is 7. The Hall–Kier alpha value is -5.04. The lowest BCUT2D eigenvalue weighted by Crippen LogP contribution is -2.34. The van der Waals surface area contributed by atoms with Crippen molar-refractivity contribution in [2.75, 3.05) is 42.8 Å². The van der Waals surface area contributed by atoms with E-state index in [0.29, 0.717) is 45.2 Å². The number of amides is 1. The van der Waals surface area contributed by atoms with Gasteiger partial charge in [-0.2, -0.15) is 4.58 Å². The SMILES string of the molecule is CN(C(=O)OC(C)(C)C)C1=C(/C=C/C2=[N+](CCCCS(=O)(=O)[O-])c3ccc4ccccc4c3C2(C)C)CCC1=C/C=C1/N(CCCCS(C)(=O)=O)c2ccc3ccccc3c2C1(C)C. The standard InChI is InChI=1S/C52H63N3O7S2/c1-50(2,3)62-49(56)53(8)48-38(26-30-44-51(4,5)46-40-20-12-10-18-36(40)24-28-42(46)54(44)32-14-16-34-63(9,57)58)22-23-39(48)27-31-45-52(6,7)47-41-21-13-11-19-37(41)25-29-43(47)55(45)33-15-17-35-64(59,60)61/h10-13,18-21,24-31H,14-17,22-23,32-35H2,1-9H3. The Kier molecular flexibility index (Phi) is 13.0. The number of nitrogens with zero attached hydrogens (tertiary/aromatic N) is 3. The molecule has 0 saturated heterocycles. The largest absolute Gasteiger partial charge is 0.748 e. The molecular weight excluding hydrogens is 843 g/mol. The van der Waals surface area contributed by atoms with Crippen LogP contribution < -0.4 is 4.90 Å². The van der Waals surface area contributed by atoms with Crippen molar-refractivity contribution in [1.82, 2.24) is 4.90 Å². The molecule has 1 aliphatic carbocycles. The van der Waals surface area contributed by atoms with Crippen LogP contribution in [0.1, 0.15) is 98.1 Å². The molecule has 0 atom stereocenters. The molecular formula is C52H63N3O7S2. The van der Waals surface area contributed by atoms with Crippen LogP contribution in [-0.4, -0.2) is 86.2 Å². The summed E-state index contributed by atoms with van der Waals surface area (Å²) in [4.78, 5) is 17.9. The number of likely N-dealkylation sites (N-methyl/N-ethyl adjacent to an activating group) is 1. The number of hydrogen-bond acceptors (Lipinski definition) is 8. The smallest absolute Gasteiger partial charge is 0.414 e. The van der Waals surface area contributed by atoms with Crippen molar-refractivity contribution < 1.29 is 35.5 Å². The van der Waals surface area contributed by atoms with Crippen molar-refractivity contribution >= 4 is 64.7 Å². The summed E-state index contributed by atoms with van der Waals surface area (Å²) in [5.74, 6) is -0.263. The predicted octanol–water partition coefficient (Wildman–Crippen LogP) is 10.6. The monoisotopic (exact) mass is 905 g/mol. The van der Waals surface area contributed by atoms with Crippen LogP contribution >= 0.6 is 0 Å². The van der Waals surface area contributed by atoms with Gasteiger partial charge in [-0.05, 0) is 123 Å². The van der Waals surface area contributed by atoms with E-state index in [2.05, 4.69) is 122 Å². The fourth-order valence-electron chi connectivity index (χ4n) is 9.98. The van der Waals surface area contributed by atoms with Crippen LogP contribution in [-0.2, 0) is 35.5 Å². The first-order chi connectivity index (χ1) is 30.0. The third-order valence-electron chi connectivity index (χ3n) is 12.8. The summed E-state index contributed by atoms with van der Waals surface area (Å²) in [7, 11) is -5.65. The summed E-state index contributed by atoms with van der Waals surface area (Å²) in [5, 5.41) is 4.64. The Morgan fingerprint density at radius 1 is 0.797 bits per heavy atom. The third-order valence-corrected chi connectivity index (χ3v) is 14.7. The Balaban J connectivity index is 1.33. The number of carbonyl (C=O) groups is 1. The second kappa shape index (κ2) is 17.7. The van der Waals surface area contributed by atoms with Gasteiger partial charge >= 0.3 is 6.09 Å². The molecule has 1 amide bonds. The van der Waals surface area contributed by atoms with E-state index in [1.807, 2.05) is 32.9 Å². The topological polar surface area (TPSA) is 127 Å². The molecule has 0 N–H and O–H groups in total. The molecule has 0 bridgehead atoms. The van der Waals surface area contributed by atoms with Crippen molar-refractivity contribution in [3.63, 3.8) is 0 Å². The molecule has 340 valence electrons. The molecule has 0 unspecified atom stereocenters. The van der Waals surface area contributed by atoms with E-state index in [-0.39, 0.29) is 12.2 Å². The van der Waals surface area contributed by atoms with Crippen LogP contribution in [0.3, 0.4) is 0 Å². The number of ether oxygens (including phenoxy) is 1. The van der Waals surface area contributed by atoms with E-state index in [4.69, 9.17) is 4.74 Å². The summed E-state index contributed by atoms with van der Waals surface area (Å²) < 4.78 is 66.9. The minimum Gasteiger partial charge on any atom is -0.748 e. The number of hydrogen-bond donors (Lipinski definition) is 0. The van der Waals surface area contributed by atoms with Crippen LogP contribution in [0.25, 0.3) is 21.5 Å². The molecule has 0 spiro atoms. The molecule has 0 fully saturated rings. The first kappa shape index (κ1) is 46.9. The van der Waals surface area contributed by atoms with Crippen molar-refractivity contribution in [1.29, 1.82) is 0 Å². The van der Waals surface area contributed by atoms with Gasteiger partial charge < -0.3 is 14.2 Å². The Bertz CT molecular complexity index is 2890. The van der Waals surface area contributed by atoms with Gasteiger partial charge in [-0.1, -0.05) is 80.6 Å². The quantitative estimate of drug-likeness (QED) is 0.0695. The van der Waals surface area contributed by atoms with Crippen molar-refractivity contribution in [2.45, 2.75) is 103 Å². The summed E-state index contributed by atoms with van der Waals surface area (Å²) in [6, 6.07) is 25.4. The minimum absolute atomic E-state index is 0.141. The van der Waals surface area contributed by atoms with Gasteiger partial charge in [0.15, 0.2) is 5.71 Å². The number of carbonyl (C=O) groups excluding carboxylic acids is 1. The molecule has 0 saturated carbocycles. The lowest BCUT2D eigenvalue weighted by molar-refractivity contribution is -0.438. The molecule has 64 heavy (non-hydrogen) atoms. The highest BCUT2D eigenvalue weighted by Crippen LogP contribution is 2.51. The maximum absolute atomic E-state index is 13.9. The molecule has 0 aromatic heterocycles. The number of benzene rings is 4. The summed E-state index contributed by atoms with van der Waals surface area (Å²) in [6.07, 6.45) is 12.9. The van der Waals surface area contributed by atoms with Crippen molar-refractivity contribution in [3.05, 3.63) is 131 Å². The lowest BCUT2D eigenvalue weighted by Gasteiger charge is -2.28. The van der Waals surface area contributed by atoms with Crippen molar-refractivity contribution in [2.24, 2.45) is 0 Å². The normalized spacial score (nSPS) is 18.6. The fraction of sp³-hybridized carbons (Fsp3) is 0.423. The molecule has 2 heterocycles. The van der Waals surface area contributed by atoms with Crippen LogP contribution in [0.15, 0.2) is 120 Å². The number of sulfone groups is 1. The molecule has 2 aliphatic heterocycles. The number of unbranched alkanes of at least 4 members (excludes halogenated alkanes) is 2. The fourth-order valence-corrected chi connectivity index (χ4v) is 11.3. The maximum Gasteiger partial charge on any atom is 0.414 e. The highest BCUT2D eigenvalue weighted by atomic mass is 32.2. The molecule has 3 aliphatic rings. The van der Waals surface area contributed by atoms with E-state index in [1.165, 1.54) is 22.8 Å². The van der Waals surface area contributed by atoms with E-state index in [9.17, 15) is 26.2 Å². The molecule has 0 radical (unpaired) electrons. The van der Waals surface area contributed by atoms with Gasteiger partial charge in [0, 0.05) is 72.3 Å². The molecule has 12 heteroatoms. The molecule has 7 rings (SSSR count). The van der Waals surface area contributed by atoms with E-state index in [0.717, 1.165) is 55.8 Å². The molecule has 4 aromatic rings. The van der Waals surface area contributed by atoms with Gasteiger partial charge in [-0.3, -0.25) is 4.90 Å². The van der Waals surface area contributed by atoms with Crippen LogP contribution in [0.2, 0.25) is 0 Å². The van der Waals surface area contributed by atoms with E-state index >= 15 is 0 Å².